The van der Waals surface area contributed by atoms with Crippen LogP contribution in [-0.4, -0.2) is 9.97 Å². The fraction of sp³-hybridized carbons (Fsp3) is 0. The summed E-state index contributed by atoms with van der Waals surface area (Å²) in [6, 6.07) is 36.1. The fourth-order valence-electron chi connectivity index (χ4n) is 4.12. The van der Waals surface area contributed by atoms with Crippen molar-refractivity contribution >= 4 is 54.1 Å². The first kappa shape index (κ1) is 19.6. The lowest BCUT2D eigenvalue weighted by molar-refractivity contribution is 1.15. The van der Waals surface area contributed by atoms with E-state index in [0.717, 1.165) is 31.9 Å². The summed E-state index contributed by atoms with van der Waals surface area (Å²) in [5.74, 6) is 0.753. The van der Waals surface area contributed by atoms with Crippen LogP contribution in [-0.2, 0) is 0 Å². The summed E-state index contributed by atoms with van der Waals surface area (Å²) in [5.41, 5.74) is 5.41. The van der Waals surface area contributed by atoms with Gasteiger partial charge in [0.1, 0.15) is 3.70 Å². The van der Waals surface area contributed by atoms with Crippen LogP contribution in [0.1, 0.15) is 0 Å². The van der Waals surface area contributed by atoms with Crippen LogP contribution in [0.25, 0.3) is 53.9 Å². The highest BCUT2D eigenvalue weighted by Crippen LogP contribution is 2.37. The second kappa shape index (κ2) is 8.11. The van der Waals surface area contributed by atoms with Crippen LogP contribution in [0.5, 0.6) is 0 Å². The summed E-state index contributed by atoms with van der Waals surface area (Å²) < 4.78 is 3.53. The van der Waals surface area contributed by atoms with Gasteiger partial charge in [-0.25, -0.2) is 9.97 Å². The van der Waals surface area contributed by atoms with Gasteiger partial charge in [-0.2, -0.15) is 0 Å². The number of fused-ring (bicyclic) bond motifs is 3. The zero-order valence-electron chi connectivity index (χ0n) is 17.0. The third kappa shape index (κ3) is 3.49. The predicted molar refractivity (Wildman–Crippen MR) is 144 cm³/mol. The second-order valence-corrected chi connectivity index (χ2v) is 9.81. The van der Waals surface area contributed by atoms with E-state index in [2.05, 4.69) is 114 Å². The van der Waals surface area contributed by atoms with Gasteiger partial charge in [0.25, 0.3) is 0 Å². The molecule has 2 heterocycles. The molecule has 4 heteroatoms. The van der Waals surface area contributed by atoms with Crippen molar-refractivity contribution in [2.24, 2.45) is 0 Å². The van der Waals surface area contributed by atoms with Crippen molar-refractivity contribution in [3.05, 3.63) is 107 Å². The van der Waals surface area contributed by atoms with E-state index in [1.165, 1.54) is 25.7 Å². The maximum atomic E-state index is 5.01. The number of thiophene rings is 1. The predicted octanol–water partition coefficient (Wildman–Crippen LogP) is 8.45. The number of hydrogen-bond acceptors (Lipinski definition) is 3. The summed E-state index contributed by atoms with van der Waals surface area (Å²) in [5, 5.41) is 2.61. The Hall–Kier alpha value is -3.09. The van der Waals surface area contributed by atoms with Crippen LogP contribution in [0.15, 0.2) is 103 Å². The van der Waals surface area contributed by atoms with E-state index in [-0.39, 0.29) is 0 Å². The maximum Gasteiger partial charge on any atom is 0.161 e. The molecule has 0 saturated heterocycles. The molecule has 0 fully saturated rings. The van der Waals surface area contributed by atoms with E-state index in [1.807, 2.05) is 23.5 Å². The molecule has 0 aliphatic carbocycles. The number of rotatable bonds is 3. The van der Waals surface area contributed by atoms with Crippen molar-refractivity contribution in [2.45, 2.75) is 0 Å². The minimum Gasteiger partial charge on any atom is -0.228 e. The van der Waals surface area contributed by atoms with Crippen molar-refractivity contribution in [1.29, 1.82) is 0 Å². The lowest BCUT2D eigenvalue weighted by atomic mass is 9.99. The topological polar surface area (TPSA) is 25.8 Å². The van der Waals surface area contributed by atoms with Gasteiger partial charge >= 0.3 is 0 Å². The Kier molecular flexibility index (Phi) is 4.97. The van der Waals surface area contributed by atoms with Crippen LogP contribution in [0.4, 0.5) is 0 Å². The highest BCUT2D eigenvalue weighted by molar-refractivity contribution is 14.1. The Morgan fingerprint density at radius 2 is 1.28 bits per heavy atom. The molecule has 0 atom stereocenters. The molecule has 0 radical (unpaired) electrons. The SMILES string of the molecule is Ic1cc(-c2ccc3c(c2)sc2ccccc23)nc(-c2ccccc2-c2ccccc2)n1. The zero-order valence-corrected chi connectivity index (χ0v) is 20.0. The molecule has 2 nitrogen and oxygen atoms in total. The normalized spacial score (nSPS) is 11.3. The molecule has 0 aliphatic heterocycles. The van der Waals surface area contributed by atoms with Crippen LogP contribution in [0.3, 0.4) is 0 Å². The van der Waals surface area contributed by atoms with Crippen LogP contribution >= 0.6 is 33.9 Å². The Morgan fingerprint density at radius 1 is 0.562 bits per heavy atom. The fourth-order valence-corrected chi connectivity index (χ4v) is 5.79. The smallest absolute Gasteiger partial charge is 0.161 e. The summed E-state index contributed by atoms with van der Waals surface area (Å²) in [7, 11) is 0. The molecule has 6 rings (SSSR count). The van der Waals surface area contributed by atoms with Crippen LogP contribution in [0, 0.1) is 3.70 Å². The maximum absolute atomic E-state index is 5.01. The minimum atomic E-state index is 0.753. The standard InChI is InChI=1S/C28H17IN2S/c29-27-17-24(19-14-15-22-21-11-6-7-13-25(21)32-26(22)16-19)30-28(31-27)23-12-5-4-10-20(23)18-8-2-1-3-9-18/h1-17H. The van der Waals surface area contributed by atoms with Crippen LogP contribution < -0.4 is 0 Å². The first-order chi connectivity index (χ1) is 15.8. The first-order valence-electron chi connectivity index (χ1n) is 10.4. The summed E-state index contributed by atoms with van der Waals surface area (Å²) in [6.07, 6.45) is 0. The molecule has 0 saturated carbocycles. The molecule has 0 amide bonds. The summed E-state index contributed by atoms with van der Waals surface area (Å²) >= 11 is 4.12. The molecule has 0 bridgehead atoms. The largest absolute Gasteiger partial charge is 0.228 e. The van der Waals surface area contributed by atoms with Crippen molar-refractivity contribution in [3.8, 4) is 33.8 Å². The monoisotopic (exact) mass is 540 g/mol. The Balaban J connectivity index is 1.50. The van der Waals surface area contributed by atoms with Crippen molar-refractivity contribution in [1.82, 2.24) is 9.97 Å². The molecule has 0 N–H and O–H groups in total. The van der Waals surface area contributed by atoms with E-state index >= 15 is 0 Å². The van der Waals surface area contributed by atoms with E-state index in [1.54, 1.807) is 0 Å². The average Bonchev–Trinajstić information content (AvgIpc) is 3.22. The highest BCUT2D eigenvalue weighted by Gasteiger charge is 2.13. The van der Waals surface area contributed by atoms with Gasteiger partial charge in [-0.15, -0.1) is 11.3 Å². The molecule has 32 heavy (non-hydrogen) atoms. The summed E-state index contributed by atoms with van der Waals surface area (Å²) in [6.45, 7) is 0. The van der Waals surface area contributed by atoms with Gasteiger partial charge in [0, 0.05) is 31.3 Å². The number of benzene rings is 4. The molecule has 152 valence electrons. The second-order valence-electron chi connectivity index (χ2n) is 7.62. The number of halogens is 1. The van der Waals surface area contributed by atoms with E-state index in [4.69, 9.17) is 9.97 Å². The molecule has 0 spiro atoms. The number of hydrogen-bond donors (Lipinski definition) is 0. The molecular formula is C28H17IN2S. The van der Waals surface area contributed by atoms with Crippen molar-refractivity contribution < 1.29 is 0 Å². The lowest BCUT2D eigenvalue weighted by Crippen LogP contribution is -1.96. The van der Waals surface area contributed by atoms with E-state index in [0.29, 0.717) is 0 Å². The number of aromatic nitrogens is 2. The Bertz CT molecular complexity index is 1590. The highest BCUT2D eigenvalue weighted by atomic mass is 127. The zero-order chi connectivity index (χ0) is 21.5. The molecule has 2 aromatic heterocycles. The van der Waals surface area contributed by atoms with E-state index < -0.39 is 0 Å². The quantitative estimate of drug-likeness (QED) is 0.166. The van der Waals surface area contributed by atoms with Gasteiger partial charge in [-0.3, -0.25) is 0 Å². The lowest BCUT2D eigenvalue weighted by Gasteiger charge is -2.11. The molecule has 0 unspecified atom stereocenters. The van der Waals surface area contributed by atoms with Gasteiger partial charge in [-0.05, 0) is 51.9 Å². The third-order valence-electron chi connectivity index (χ3n) is 5.62. The number of nitrogens with zero attached hydrogens (tertiary/aromatic N) is 2. The first-order valence-corrected chi connectivity index (χ1v) is 12.3. The summed E-state index contributed by atoms with van der Waals surface area (Å²) in [4.78, 5) is 9.80. The Labute approximate surface area is 203 Å². The average molecular weight is 540 g/mol. The Morgan fingerprint density at radius 3 is 2.16 bits per heavy atom. The van der Waals surface area contributed by atoms with Gasteiger partial charge in [-0.1, -0.05) is 84.9 Å². The molecule has 0 aliphatic rings. The van der Waals surface area contributed by atoms with Crippen LogP contribution in [0.2, 0.25) is 0 Å². The minimum absolute atomic E-state index is 0.753. The van der Waals surface area contributed by atoms with Crippen molar-refractivity contribution in [2.75, 3.05) is 0 Å². The van der Waals surface area contributed by atoms with E-state index in [9.17, 15) is 0 Å². The van der Waals surface area contributed by atoms with Gasteiger partial charge in [0.2, 0.25) is 0 Å². The molecular weight excluding hydrogens is 523 g/mol. The third-order valence-corrected chi connectivity index (χ3v) is 7.31. The van der Waals surface area contributed by atoms with Gasteiger partial charge < -0.3 is 0 Å². The van der Waals surface area contributed by atoms with Crippen molar-refractivity contribution in [3.63, 3.8) is 0 Å². The van der Waals surface area contributed by atoms with Gasteiger partial charge in [0.15, 0.2) is 5.82 Å². The van der Waals surface area contributed by atoms with Gasteiger partial charge in [0.05, 0.1) is 5.69 Å². The molecule has 4 aromatic carbocycles. The molecule has 6 aromatic rings.